The Labute approximate surface area is 197 Å². The van der Waals surface area contributed by atoms with Gasteiger partial charge in [-0.05, 0) is 57.6 Å². The first kappa shape index (κ1) is 28.7. The molecule has 1 aliphatic rings. The maximum atomic E-state index is 12.8. The number of carboxylic acid groups (broad SMARTS) is 1. The summed E-state index contributed by atoms with van der Waals surface area (Å²) in [6, 6.07) is 10.4. The van der Waals surface area contributed by atoms with Crippen LogP contribution in [0.4, 0.5) is 8.78 Å². The molecule has 1 aromatic heterocycles. The first-order chi connectivity index (χ1) is 16.3. The number of oxazole rings is 1. The van der Waals surface area contributed by atoms with Gasteiger partial charge >= 0.3 is 0 Å². The number of aliphatic hydroxyl groups excluding tert-OH is 1. The molecule has 0 amide bonds. The molecule has 0 radical (unpaired) electrons. The molecule has 2 heterocycles. The van der Waals surface area contributed by atoms with Crippen molar-refractivity contribution >= 4 is 6.47 Å². The van der Waals surface area contributed by atoms with Crippen LogP contribution < -0.4 is 10.6 Å². The van der Waals surface area contributed by atoms with Gasteiger partial charge in [-0.3, -0.25) is 4.79 Å². The van der Waals surface area contributed by atoms with Crippen molar-refractivity contribution in [2.75, 3.05) is 26.7 Å². The molecule has 1 atom stereocenters. The Hall–Kier alpha value is -3.34. The molecule has 10 heteroatoms. The zero-order valence-electron chi connectivity index (χ0n) is 19.2. The second-order valence-electron chi connectivity index (χ2n) is 7.25. The lowest BCUT2D eigenvalue weighted by molar-refractivity contribution is -0.122. The Kier molecular flexibility index (Phi) is 13.8. The molecule has 5 N–H and O–H groups in total. The number of benzene rings is 2. The van der Waals surface area contributed by atoms with Crippen molar-refractivity contribution in [2.45, 2.75) is 25.9 Å². The SMILES string of the molecule is CNCCc1cc(F)c(O)c(F)c1.Cc1ccc(-c2cnco2)cc1.O=CO.OC1CCNC1. The van der Waals surface area contributed by atoms with Gasteiger partial charge in [-0.25, -0.2) is 13.8 Å². The van der Waals surface area contributed by atoms with Crippen molar-refractivity contribution in [3.8, 4) is 17.1 Å². The number of aryl methyl sites for hydroxylation is 1. The number of hydrogen-bond donors (Lipinski definition) is 5. The van der Waals surface area contributed by atoms with Gasteiger partial charge in [-0.15, -0.1) is 0 Å². The van der Waals surface area contributed by atoms with Gasteiger partial charge < -0.3 is 30.4 Å². The largest absolute Gasteiger partial charge is 0.503 e. The van der Waals surface area contributed by atoms with Crippen LogP contribution in [0.15, 0.2) is 53.4 Å². The summed E-state index contributed by atoms with van der Waals surface area (Å²) in [5.74, 6) is -1.92. The van der Waals surface area contributed by atoms with Gasteiger partial charge in [0.25, 0.3) is 6.47 Å². The van der Waals surface area contributed by atoms with Gasteiger partial charge in [-0.1, -0.05) is 29.8 Å². The second kappa shape index (κ2) is 16.3. The molecule has 1 aliphatic heterocycles. The minimum Gasteiger partial charge on any atom is -0.503 e. The van der Waals surface area contributed by atoms with Crippen LogP contribution in [-0.2, 0) is 11.2 Å². The van der Waals surface area contributed by atoms with Crippen molar-refractivity contribution in [1.29, 1.82) is 0 Å². The second-order valence-corrected chi connectivity index (χ2v) is 7.25. The third-order valence-corrected chi connectivity index (χ3v) is 4.54. The summed E-state index contributed by atoms with van der Waals surface area (Å²) in [7, 11) is 1.76. The number of carbonyl (C=O) groups is 1. The van der Waals surface area contributed by atoms with E-state index in [-0.39, 0.29) is 12.6 Å². The van der Waals surface area contributed by atoms with Crippen molar-refractivity contribution in [3.05, 3.63) is 71.8 Å². The molecule has 4 rings (SSSR count). The highest BCUT2D eigenvalue weighted by atomic mass is 19.1. The van der Waals surface area contributed by atoms with Crippen LogP contribution in [0, 0.1) is 18.6 Å². The van der Waals surface area contributed by atoms with E-state index < -0.39 is 17.4 Å². The van der Waals surface area contributed by atoms with Crippen LogP contribution in [-0.4, -0.2) is 59.6 Å². The number of aromatic nitrogens is 1. The maximum absolute atomic E-state index is 12.8. The monoisotopic (exact) mass is 479 g/mol. The first-order valence-electron chi connectivity index (χ1n) is 10.6. The highest BCUT2D eigenvalue weighted by Gasteiger charge is 2.09. The maximum Gasteiger partial charge on any atom is 0.290 e. The minimum atomic E-state index is -0.911. The highest BCUT2D eigenvalue weighted by molar-refractivity contribution is 5.56. The van der Waals surface area contributed by atoms with Crippen molar-refractivity contribution in [2.24, 2.45) is 0 Å². The van der Waals surface area contributed by atoms with Gasteiger partial charge in [-0.2, -0.15) is 0 Å². The fourth-order valence-electron chi connectivity index (χ4n) is 2.75. The van der Waals surface area contributed by atoms with Gasteiger partial charge in [0.2, 0.25) is 0 Å². The van der Waals surface area contributed by atoms with Gasteiger partial charge in [0.05, 0.1) is 12.3 Å². The lowest BCUT2D eigenvalue weighted by Gasteiger charge is -2.03. The molecule has 0 spiro atoms. The van der Waals surface area contributed by atoms with Crippen LogP contribution in [0.1, 0.15) is 17.5 Å². The van der Waals surface area contributed by atoms with E-state index in [2.05, 4.69) is 34.7 Å². The molecule has 1 saturated heterocycles. The number of nitrogens with zero attached hydrogens (tertiary/aromatic N) is 1. The number of hydrogen-bond acceptors (Lipinski definition) is 7. The molecule has 3 aromatic rings. The van der Waals surface area contributed by atoms with E-state index >= 15 is 0 Å². The van der Waals surface area contributed by atoms with Crippen LogP contribution in [0.3, 0.4) is 0 Å². The Balaban J connectivity index is 0.000000253. The van der Waals surface area contributed by atoms with Crippen LogP contribution in [0.5, 0.6) is 5.75 Å². The summed E-state index contributed by atoms with van der Waals surface area (Å²) in [5, 5.41) is 30.2. The molecule has 1 unspecified atom stereocenters. The van der Waals surface area contributed by atoms with E-state index in [4.69, 9.17) is 24.5 Å². The fraction of sp³-hybridized carbons (Fsp3) is 0.333. The lowest BCUT2D eigenvalue weighted by atomic mass is 10.1. The molecule has 2 aromatic carbocycles. The number of phenolic OH excluding ortho intramolecular Hbond substituents is 1. The summed E-state index contributed by atoms with van der Waals surface area (Å²) in [5.41, 5.74) is 2.85. The number of likely N-dealkylation sites (N-methyl/N-ethyl adjacent to an activating group) is 1. The van der Waals surface area contributed by atoms with E-state index in [1.165, 1.54) is 12.0 Å². The van der Waals surface area contributed by atoms with Crippen molar-refractivity contribution in [1.82, 2.24) is 15.6 Å². The molecule has 1 fully saturated rings. The number of phenols is 1. The molecular weight excluding hydrogens is 448 g/mol. The quantitative estimate of drug-likeness (QED) is 0.361. The topological polar surface area (TPSA) is 128 Å². The molecule has 0 aliphatic carbocycles. The molecule has 8 nitrogen and oxygen atoms in total. The number of nitrogens with one attached hydrogen (secondary N) is 2. The van der Waals surface area contributed by atoms with E-state index in [1.54, 1.807) is 13.2 Å². The predicted molar refractivity (Wildman–Crippen MR) is 125 cm³/mol. The summed E-state index contributed by atoms with van der Waals surface area (Å²) in [6.45, 7) is 4.23. The normalized spacial score (nSPS) is 14.0. The Bertz CT molecular complexity index is 925. The van der Waals surface area contributed by atoms with E-state index in [9.17, 15) is 8.78 Å². The summed E-state index contributed by atoms with van der Waals surface area (Å²) >= 11 is 0. The zero-order valence-corrected chi connectivity index (χ0v) is 19.2. The van der Waals surface area contributed by atoms with Gasteiger partial charge in [0.15, 0.2) is 29.5 Å². The number of aromatic hydroxyl groups is 1. The van der Waals surface area contributed by atoms with Crippen molar-refractivity contribution in [3.63, 3.8) is 0 Å². The van der Waals surface area contributed by atoms with Gasteiger partial charge in [0.1, 0.15) is 0 Å². The Morgan fingerprint density at radius 2 is 1.85 bits per heavy atom. The van der Waals surface area contributed by atoms with E-state index in [0.29, 0.717) is 18.5 Å². The average molecular weight is 480 g/mol. The molecule has 34 heavy (non-hydrogen) atoms. The molecule has 186 valence electrons. The third kappa shape index (κ3) is 11.0. The van der Waals surface area contributed by atoms with Gasteiger partial charge in [0, 0.05) is 12.1 Å². The molecule has 0 bridgehead atoms. The summed E-state index contributed by atoms with van der Waals surface area (Å²) in [6.07, 6.45) is 4.55. The fourth-order valence-corrected chi connectivity index (χ4v) is 2.75. The number of β-amino-alcohol motifs (C(OH)–C–C–N with tert-alkyl or cyclic N) is 1. The smallest absolute Gasteiger partial charge is 0.290 e. The average Bonchev–Trinajstić information content (AvgIpc) is 3.52. The Morgan fingerprint density at radius 3 is 2.26 bits per heavy atom. The van der Waals surface area contributed by atoms with Crippen molar-refractivity contribution < 1.29 is 33.3 Å². The molecular formula is C24H31F2N3O5. The first-order valence-corrected chi connectivity index (χ1v) is 10.6. The summed E-state index contributed by atoms with van der Waals surface area (Å²) < 4.78 is 30.7. The summed E-state index contributed by atoms with van der Waals surface area (Å²) in [4.78, 5) is 12.2. The lowest BCUT2D eigenvalue weighted by Crippen LogP contribution is -2.11. The number of aliphatic hydroxyl groups is 1. The predicted octanol–water partition coefficient (Wildman–Crippen LogP) is 3.12. The number of halogens is 2. The standard InChI is InChI=1S/C10H9NO.C9H11F2NO.C4H9NO.CH2O2/c1-8-2-4-9(5-3-8)10-6-11-7-12-10;1-12-3-2-6-4-7(10)9(13)8(11)5-6;6-4-1-2-5-3-4;2-1-3/h2-7H,1H3;4-5,12-13H,2-3H2,1H3;4-6H,1-3H2;1H,(H,2,3). The van der Waals surface area contributed by atoms with E-state index in [0.717, 1.165) is 43.0 Å². The molecule has 0 saturated carbocycles. The van der Waals surface area contributed by atoms with Crippen LogP contribution in [0.25, 0.3) is 11.3 Å². The van der Waals surface area contributed by atoms with E-state index in [1.807, 2.05) is 12.1 Å². The minimum absolute atomic E-state index is 0.0648. The Morgan fingerprint density at radius 1 is 1.24 bits per heavy atom. The zero-order chi connectivity index (χ0) is 25.3. The third-order valence-electron chi connectivity index (χ3n) is 4.54. The van der Waals surface area contributed by atoms with Crippen LogP contribution in [0.2, 0.25) is 0 Å². The number of rotatable bonds is 4. The highest BCUT2D eigenvalue weighted by Crippen LogP contribution is 2.21. The van der Waals surface area contributed by atoms with Crippen LogP contribution >= 0.6 is 0 Å².